The van der Waals surface area contributed by atoms with Gasteiger partial charge in [0.05, 0.1) is 42.1 Å². The first-order valence-electron chi connectivity index (χ1n) is 22.3. The summed E-state index contributed by atoms with van der Waals surface area (Å²) in [6.07, 6.45) is 4.38. The van der Waals surface area contributed by atoms with Gasteiger partial charge in [-0.15, -0.1) is 0 Å². The van der Waals surface area contributed by atoms with Crippen molar-refractivity contribution in [3.05, 3.63) is 101 Å². The van der Waals surface area contributed by atoms with E-state index in [1.165, 1.54) is 6.39 Å². The molecule has 0 bridgehead atoms. The summed E-state index contributed by atoms with van der Waals surface area (Å²) >= 11 is 6.23. The van der Waals surface area contributed by atoms with Gasteiger partial charge in [0.25, 0.3) is 11.8 Å². The molecule has 4 aromatic rings. The third-order valence-corrected chi connectivity index (χ3v) is 12.7. The number of benzene rings is 3. The van der Waals surface area contributed by atoms with Gasteiger partial charge in [-0.3, -0.25) is 24.1 Å². The molecule has 1 aromatic heterocycles. The van der Waals surface area contributed by atoms with Crippen LogP contribution in [-0.2, 0) is 25.7 Å². The van der Waals surface area contributed by atoms with Crippen molar-refractivity contribution in [2.24, 2.45) is 16.2 Å². The van der Waals surface area contributed by atoms with Crippen LogP contribution in [0.3, 0.4) is 0 Å². The van der Waals surface area contributed by atoms with Crippen LogP contribution in [0.2, 0.25) is 5.02 Å². The fourth-order valence-electron chi connectivity index (χ4n) is 9.03. The number of imide groups is 1. The van der Waals surface area contributed by atoms with Crippen molar-refractivity contribution in [3.63, 3.8) is 0 Å². The quantitative estimate of drug-likeness (QED) is 0.0713. The third-order valence-electron chi connectivity index (χ3n) is 12.3. The Morgan fingerprint density at radius 2 is 1.67 bits per heavy atom. The van der Waals surface area contributed by atoms with Crippen LogP contribution in [0.1, 0.15) is 95.6 Å². The summed E-state index contributed by atoms with van der Waals surface area (Å²) in [4.78, 5) is 59.7. The fourth-order valence-corrected chi connectivity index (χ4v) is 9.24. The molecule has 2 fully saturated rings. The van der Waals surface area contributed by atoms with Crippen LogP contribution in [0.15, 0.2) is 83.7 Å². The number of ether oxygens (including phenoxy) is 3. The zero-order valence-electron chi connectivity index (χ0n) is 38.7. The van der Waals surface area contributed by atoms with Gasteiger partial charge in [0.2, 0.25) is 11.8 Å². The zero-order valence-corrected chi connectivity index (χ0v) is 39.4. The Labute approximate surface area is 391 Å². The smallest absolute Gasteiger partial charge is 0.252 e. The number of aromatic nitrogens is 1. The first-order valence-corrected chi connectivity index (χ1v) is 22.7. The van der Waals surface area contributed by atoms with E-state index in [0.717, 1.165) is 23.3 Å². The monoisotopic (exact) mass is 924 g/mol. The fraction of sp³-hybridized carbons (Fsp3) is 0.480. The van der Waals surface area contributed by atoms with E-state index in [2.05, 4.69) is 54.7 Å². The molecule has 352 valence electrons. The molecule has 1 saturated carbocycles. The van der Waals surface area contributed by atoms with Crippen LogP contribution in [-0.4, -0.2) is 95.3 Å². The Kier molecular flexibility index (Phi) is 16.0. The second-order valence-corrected chi connectivity index (χ2v) is 19.7. The number of nitrogens with one attached hydrogen (secondary N) is 3. The van der Waals surface area contributed by atoms with E-state index in [-0.39, 0.29) is 44.2 Å². The van der Waals surface area contributed by atoms with Gasteiger partial charge in [-0.2, -0.15) is 5.26 Å². The van der Waals surface area contributed by atoms with Crippen molar-refractivity contribution < 1.29 is 42.9 Å². The van der Waals surface area contributed by atoms with Crippen LogP contribution < -0.4 is 25.4 Å². The second-order valence-electron chi connectivity index (χ2n) is 19.3. The largest absolute Gasteiger partial charge is 0.494 e. The van der Waals surface area contributed by atoms with Crippen molar-refractivity contribution in [2.75, 3.05) is 26.4 Å². The van der Waals surface area contributed by atoms with Crippen molar-refractivity contribution in [3.8, 4) is 28.9 Å². The summed E-state index contributed by atoms with van der Waals surface area (Å²) < 4.78 is 23.3. The molecule has 3 aromatic carbocycles. The highest BCUT2D eigenvalue weighted by Gasteiger charge is 2.64. The zero-order chi connectivity index (χ0) is 47.8. The van der Waals surface area contributed by atoms with Crippen LogP contribution >= 0.6 is 11.6 Å². The molecule has 0 unspecified atom stereocenters. The molecule has 4 N–H and O–H groups in total. The molecule has 4 amide bonds. The molecule has 15 nitrogen and oxygen atoms in total. The van der Waals surface area contributed by atoms with Crippen LogP contribution in [0, 0.1) is 27.6 Å². The number of aliphatic hydroxyl groups excluding tert-OH is 1. The summed E-state index contributed by atoms with van der Waals surface area (Å²) in [6.45, 7) is 14.4. The number of carbonyl (C=O) groups is 4. The van der Waals surface area contributed by atoms with Gasteiger partial charge in [0.1, 0.15) is 36.3 Å². The van der Waals surface area contributed by atoms with E-state index in [4.69, 9.17) is 30.2 Å². The Balaban J connectivity index is 0.916. The molecule has 1 aliphatic heterocycles. The summed E-state index contributed by atoms with van der Waals surface area (Å²) in [5.41, 5.74) is 0.826. The lowest BCUT2D eigenvalue weighted by Gasteiger charge is -2.63. The maximum absolute atomic E-state index is 14.3. The minimum Gasteiger partial charge on any atom is -0.494 e. The summed E-state index contributed by atoms with van der Waals surface area (Å²) in [6, 6.07) is 19.4. The van der Waals surface area contributed by atoms with E-state index < -0.39 is 52.2 Å². The Morgan fingerprint density at radius 3 is 2.27 bits per heavy atom. The van der Waals surface area contributed by atoms with Crippen LogP contribution in [0.5, 0.6) is 11.5 Å². The molecule has 2 heterocycles. The minimum atomic E-state index is -1.05. The van der Waals surface area contributed by atoms with Gasteiger partial charge in [-0.25, -0.2) is 4.98 Å². The van der Waals surface area contributed by atoms with Gasteiger partial charge in [0, 0.05) is 47.2 Å². The minimum absolute atomic E-state index is 0.0380. The average molecular weight is 926 g/mol. The molecular weight excluding hydrogens is 864 g/mol. The van der Waals surface area contributed by atoms with Gasteiger partial charge in [0.15, 0.2) is 12.2 Å². The van der Waals surface area contributed by atoms with Gasteiger partial charge >= 0.3 is 0 Å². The maximum Gasteiger partial charge on any atom is 0.252 e. The molecule has 2 aliphatic rings. The first-order chi connectivity index (χ1) is 31.3. The molecule has 6 rings (SSSR count). The highest BCUT2D eigenvalue weighted by atomic mass is 35.5. The van der Waals surface area contributed by atoms with E-state index in [0.29, 0.717) is 58.6 Å². The molecule has 1 saturated heterocycles. The number of oxazole rings is 1. The number of rotatable bonds is 19. The van der Waals surface area contributed by atoms with E-state index >= 15 is 0 Å². The lowest BCUT2D eigenvalue weighted by Crippen LogP contribution is -2.74. The summed E-state index contributed by atoms with van der Waals surface area (Å²) in [5, 5.41) is 28.7. The second kappa shape index (κ2) is 21.2. The van der Waals surface area contributed by atoms with Gasteiger partial charge in [-0.1, -0.05) is 84.3 Å². The Morgan fingerprint density at radius 1 is 0.985 bits per heavy atom. The number of carbonyl (C=O) groups excluding carboxylic acids is 4. The van der Waals surface area contributed by atoms with Crippen molar-refractivity contribution in [1.82, 2.24) is 25.8 Å². The lowest BCUT2D eigenvalue weighted by molar-refractivity contribution is -0.164. The highest BCUT2D eigenvalue weighted by molar-refractivity contribution is 6.31. The average Bonchev–Trinajstić information content (AvgIpc) is 3.99. The number of amides is 4. The Bertz CT molecular complexity index is 2340. The van der Waals surface area contributed by atoms with E-state index in [1.807, 2.05) is 32.9 Å². The summed E-state index contributed by atoms with van der Waals surface area (Å²) in [7, 11) is 0. The van der Waals surface area contributed by atoms with Crippen molar-refractivity contribution in [2.45, 2.75) is 111 Å². The highest BCUT2D eigenvalue weighted by Crippen LogP contribution is 2.55. The molecular formula is C50H61ClN6O9. The number of β-amino-alcohol motifs (C(OH)–C–C–N with tert-alkyl or cyclic N) is 1. The van der Waals surface area contributed by atoms with Crippen molar-refractivity contribution in [1.29, 1.82) is 5.26 Å². The first kappa shape index (κ1) is 49.6. The SMILES string of the molecule is CC1(C)C(NC(=O)c2ccc(OCCCCCOCC(=O)N[C@H](C(=O)N(Cc3ccc(-c4cnco4)cc3)C(=O)[C@@H]3C[C@@H](O)CN3)C(C)(C)C)cc2)C(C)(C)C1Oc1ccc(C#N)c(Cl)c1. The van der Waals surface area contributed by atoms with Gasteiger partial charge < -0.3 is 39.7 Å². The van der Waals surface area contributed by atoms with Crippen LogP contribution in [0.4, 0.5) is 0 Å². The summed E-state index contributed by atoms with van der Waals surface area (Å²) in [5.74, 6) is 0.0767. The molecule has 1 aliphatic carbocycles. The van der Waals surface area contributed by atoms with E-state index in [1.54, 1.807) is 60.8 Å². The number of halogens is 1. The predicted molar refractivity (Wildman–Crippen MR) is 247 cm³/mol. The van der Waals surface area contributed by atoms with Crippen LogP contribution in [0.25, 0.3) is 11.3 Å². The Hall–Kier alpha value is -5.79. The predicted octanol–water partition coefficient (Wildman–Crippen LogP) is 6.85. The molecule has 0 spiro atoms. The number of aliphatic hydroxyl groups is 1. The number of hydrogen-bond acceptors (Lipinski definition) is 12. The standard InChI is InChI=1S/C50H61ClN6O9/c1-48(2,3)42(45(62)57(44(61)39-23-35(58)26-54-39)28-31-11-13-32(14-12-31)40-27-53-30-65-40)55-41(59)29-63-21-9-8-10-22-64-36-18-15-33(16-19-36)43(60)56-46-49(4,5)47(50(46,6)7)66-37-20-17-34(25-52)38(51)24-37/h11-20,24,27,30,35,39,42,46-47,54,58H,8-10,21-23,26,28-29H2,1-7H3,(H,55,59)(H,56,60)/t35-,39+,42-,46?,47?/m1/s1. The molecule has 16 heteroatoms. The topological polar surface area (TPSA) is 205 Å². The number of nitrogens with zero attached hydrogens (tertiary/aromatic N) is 3. The normalized spacial score (nSPS) is 20.0. The number of unbranched alkanes of at least 4 members (excludes halogenated alkanes) is 2. The van der Waals surface area contributed by atoms with Gasteiger partial charge in [-0.05, 0) is 73.1 Å². The number of hydrogen-bond donors (Lipinski definition) is 4. The molecule has 66 heavy (non-hydrogen) atoms. The molecule has 0 radical (unpaired) electrons. The molecule has 3 atom stereocenters. The lowest BCUT2D eigenvalue weighted by atomic mass is 9.49. The maximum atomic E-state index is 14.3. The van der Waals surface area contributed by atoms with E-state index in [9.17, 15) is 29.5 Å². The van der Waals surface area contributed by atoms with Crippen molar-refractivity contribution >= 4 is 35.2 Å². The number of nitriles is 1. The third kappa shape index (κ3) is 12.0.